The van der Waals surface area contributed by atoms with Crippen molar-refractivity contribution in [2.45, 2.75) is 52.9 Å². The SMILES string of the molecule is CCCCC(CNCCC)Cc1cccc(C)c1. The minimum absolute atomic E-state index is 0.790. The first-order valence-electron chi connectivity index (χ1n) is 7.52. The molecule has 1 aromatic rings. The normalized spacial score (nSPS) is 12.6. The van der Waals surface area contributed by atoms with Gasteiger partial charge in [0, 0.05) is 0 Å². The van der Waals surface area contributed by atoms with E-state index in [9.17, 15) is 0 Å². The first kappa shape index (κ1) is 15.2. The molecule has 0 radical (unpaired) electrons. The number of aryl methyl sites for hydroxylation is 1. The lowest BCUT2D eigenvalue weighted by molar-refractivity contribution is 0.429. The van der Waals surface area contributed by atoms with Crippen LogP contribution in [0.1, 0.15) is 50.7 Å². The maximum Gasteiger partial charge on any atom is -0.00173 e. The molecule has 0 amide bonds. The smallest absolute Gasteiger partial charge is 0.00173 e. The van der Waals surface area contributed by atoms with Gasteiger partial charge in [-0.3, -0.25) is 0 Å². The second kappa shape index (κ2) is 9.16. The largest absolute Gasteiger partial charge is 0.316 e. The van der Waals surface area contributed by atoms with Crippen LogP contribution in [0, 0.1) is 12.8 Å². The van der Waals surface area contributed by atoms with Crippen molar-refractivity contribution in [2.75, 3.05) is 13.1 Å². The van der Waals surface area contributed by atoms with E-state index in [1.165, 1.54) is 49.8 Å². The van der Waals surface area contributed by atoms with Crippen LogP contribution < -0.4 is 5.32 Å². The van der Waals surface area contributed by atoms with Crippen molar-refractivity contribution in [3.05, 3.63) is 35.4 Å². The van der Waals surface area contributed by atoms with Gasteiger partial charge in [-0.15, -0.1) is 0 Å². The summed E-state index contributed by atoms with van der Waals surface area (Å²) < 4.78 is 0. The topological polar surface area (TPSA) is 12.0 Å². The highest BCUT2D eigenvalue weighted by Crippen LogP contribution is 2.15. The van der Waals surface area contributed by atoms with E-state index in [1.807, 2.05) is 0 Å². The Bertz CT molecular complexity index is 319. The Balaban J connectivity index is 2.48. The van der Waals surface area contributed by atoms with Crippen LogP contribution in [0.25, 0.3) is 0 Å². The summed E-state index contributed by atoms with van der Waals surface area (Å²) in [6, 6.07) is 8.96. The Morgan fingerprint density at radius 2 is 2.00 bits per heavy atom. The molecule has 0 aliphatic rings. The molecule has 1 atom stereocenters. The maximum atomic E-state index is 3.58. The van der Waals surface area contributed by atoms with Gasteiger partial charge in [0.15, 0.2) is 0 Å². The van der Waals surface area contributed by atoms with Crippen molar-refractivity contribution < 1.29 is 0 Å². The van der Waals surface area contributed by atoms with Crippen LogP contribution in [0.3, 0.4) is 0 Å². The van der Waals surface area contributed by atoms with Gasteiger partial charge in [0.2, 0.25) is 0 Å². The fourth-order valence-corrected chi connectivity index (χ4v) is 2.42. The van der Waals surface area contributed by atoms with E-state index in [4.69, 9.17) is 0 Å². The maximum absolute atomic E-state index is 3.58. The summed E-state index contributed by atoms with van der Waals surface area (Å²) in [5.74, 6) is 0.790. The summed E-state index contributed by atoms with van der Waals surface area (Å²) in [4.78, 5) is 0. The molecule has 0 spiro atoms. The third-order valence-corrected chi connectivity index (χ3v) is 3.43. The lowest BCUT2D eigenvalue weighted by atomic mass is 9.93. The highest BCUT2D eigenvalue weighted by atomic mass is 14.8. The predicted molar refractivity (Wildman–Crippen MR) is 81.1 cm³/mol. The van der Waals surface area contributed by atoms with Gasteiger partial charge in [0.25, 0.3) is 0 Å². The van der Waals surface area contributed by atoms with Crippen molar-refractivity contribution in [3.8, 4) is 0 Å². The van der Waals surface area contributed by atoms with Gasteiger partial charge in [-0.25, -0.2) is 0 Å². The number of hydrogen-bond acceptors (Lipinski definition) is 1. The minimum Gasteiger partial charge on any atom is -0.316 e. The van der Waals surface area contributed by atoms with E-state index in [0.29, 0.717) is 0 Å². The van der Waals surface area contributed by atoms with Crippen LogP contribution in [0.5, 0.6) is 0 Å². The lowest BCUT2D eigenvalue weighted by Crippen LogP contribution is -2.25. The average Bonchev–Trinajstić information content (AvgIpc) is 2.36. The highest BCUT2D eigenvalue weighted by molar-refractivity contribution is 5.22. The monoisotopic (exact) mass is 247 g/mol. The molecule has 1 N–H and O–H groups in total. The summed E-state index contributed by atoms with van der Waals surface area (Å²) in [6.45, 7) is 9.01. The van der Waals surface area contributed by atoms with Crippen LogP contribution in [0.15, 0.2) is 24.3 Å². The van der Waals surface area contributed by atoms with Crippen molar-refractivity contribution in [1.82, 2.24) is 5.32 Å². The quantitative estimate of drug-likeness (QED) is 0.640. The Labute approximate surface area is 113 Å². The molecule has 1 heteroatoms. The first-order chi connectivity index (χ1) is 8.76. The van der Waals surface area contributed by atoms with E-state index in [2.05, 4.69) is 50.4 Å². The van der Waals surface area contributed by atoms with Crippen molar-refractivity contribution >= 4 is 0 Å². The molecular weight excluding hydrogens is 218 g/mol. The van der Waals surface area contributed by atoms with E-state index in [-0.39, 0.29) is 0 Å². The summed E-state index contributed by atoms with van der Waals surface area (Å²) in [5, 5.41) is 3.58. The third kappa shape index (κ3) is 6.20. The highest BCUT2D eigenvalue weighted by Gasteiger charge is 2.09. The van der Waals surface area contributed by atoms with Crippen molar-refractivity contribution in [2.24, 2.45) is 5.92 Å². The molecular formula is C17H29N. The molecule has 102 valence electrons. The van der Waals surface area contributed by atoms with Crippen molar-refractivity contribution in [1.29, 1.82) is 0 Å². The Morgan fingerprint density at radius 1 is 1.17 bits per heavy atom. The fourth-order valence-electron chi connectivity index (χ4n) is 2.42. The average molecular weight is 247 g/mol. The molecule has 0 aromatic heterocycles. The van der Waals surface area contributed by atoms with E-state index < -0.39 is 0 Å². The van der Waals surface area contributed by atoms with Gasteiger partial charge in [-0.2, -0.15) is 0 Å². The molecule has 0 saturated heterocycles. The molecule has 0 fully saturated rings. The van der Waals surface area contributed by atoms with Crippen LogP contribution in [-0.2, 0) is 6.42 Å². The molecule has 0 aliphatic carbocycles. The summed E-state index contributed by atoms with van der Waals surface area (Å²) in [7, 11) is 0. The first-order valence-corrected chi connectivity index (χ1v) is 7.52. The van der Waals surface area contributed by atoms with Gasteiger partial charge < -0.3 is 5.32 Å². The standard InChI is InChI=1S/C17H29N/c1-4-6-9-17(14-18-11-5-2)13-16-10-7-8-15(3)12-16/h7-8,10,12,17-18H,4-6,9,11,13-14H2,1-3H3. The zero-order valence-electron chi connectivity index (χ0n) is 12.3. The molecule has 1 unspecified atom stereocenters. The van der Waals surface area contributed by atoms with Crippen LogP contribution in [0.2, 0.25) is 0 Å². The molecule has 0 aliphatic heterocycles. The Morgan fingerprint density at radius 3 is 2.67 bits per heavy atom. The summed E-state index contributed by atoms with van der Waals surface area (Å²) in [6.07, 6.45) is 6.45. The third-order valence-electron chi connectivity index (χ3n) is 3.43. The van der Waals surface area contributed by atoms with Crippen molar-refractivity contribution in [3.63, 3.8) is 0 Å². The number of benzene rings is 1. The Hall–Kier alpha value is -0.820. The summed E-state index contributed by atoms with van der Waals surface area (Å²) >= 11 is 0. The molecule has 1 aromatic carbocycles. The van der Waals surface area contributed by atoms with Gasteiger partial charge in [-0.05, 0) is 50.8 Å². The zero-order valence-corrected chi connectivity index (χ0v) is 12.3. The molecule has 0 saturated carbocycles. The van der Waals surface area contributed by atoms with E-state index >= 15 is 0 Å². The van der Waals surface area contributed by atoms with Gasteiger partial charge in [0.1, 0.15) is 0 Å². The van der Waals surface area contributed by atoms with Gasteiger partial charge in [-0.1, -0.05) is 56.5 Å². The molecule has 0 heterocycles. The van der Waals surface area contributed by atoms with Crippen LogP contribution >= 0.6 is 0 Å². The van der Waals surface area contributed by atoms with Gasteiger partial charge >= 0.3 is 0 Å². The molecule has 18 heavy (non-hydrogen) atoms. The second-order valence-corrected chi connectivity index (χ2v) is 5.41. The number of nitrogens with one attached hydrogen (secondary N) is 1. The Kier molecular flexibility index (Phi) is 7.75. The summed E-state index contributed by atoms with van der Waals surface area (Å²) in [5.41, 5.74) is 2.87. The van der Waals surface area contributed by atoms with Gasteiger partial charge in [0.05, 0.1) is 0 Å². The molecule has 1 nitrogen and oxygen atoms in total. The van der Waals surface area contributed by atoms with E-state index in [0.717, 1.165) is 12.5 Å². The van der Waals surface area contributed by atoms with Crippen LogP contribution in [0.4, 0.5) is 0 Å². The number of rotatable bonds is 9. The zero-order chi connectivity index (χ0) is 13.2. The number of unbranched alkanes of at least 4 members (excludes halogenated alkanes) is 1. The van der Waals surface area contributed by atoms with E-state index in [1.54, 1.807) is 0 Å². The molecule has 0 bridgehead atoms. The minimum atomic E-state index is 0.790. The lowest BCUT2D eigenvalue weighted by Gasteiger charge is -2.17. The number of hydrogen-bond donors (Lipinski definition) is 1. The van der Waals surface area contributed by atoms with Crippen LogP contribution in [-0.4, -0.2) is 13.1 Å². The molecule has 1 rings (SSSR count). The fraction of sp³-hybridized carbons (Fsp3) is 0.647. The predicted octanol–water partition coefficient (Wildman–Crippen LogP) is 4.34. The second-order valence-electron chi connectivity index (χ2n) is 5.41.